The van der Waals surface area contributed by atoms with Gasteiger partial charge < -0.3 is 31.1 Å². The average molecular weight is 459 g/mol. The fourth-order valence-electron chi connectivity index (χ4n) is 5.03. The molecular weight excluding hydrogens is 424 g/mol. The van der Waals surface area contributed by atoms with Crippen molar-refractivity contribution < 1.29 is 24.6 Å². The first-order valence-electron chi connectivity index (χ1n) is 12.0. The molecule has 1 saturated carbocycles. The Morgan fingerprint density at radius 1 is 1.21 bits per heavy atom. The van der Waals surface area contributed by atoms with Crippen molar-refractivity contribution in [2.24, 2.45) is 5.92 Å². The molecule has 5 N–H and O–H groups in total. The fourth-order valence-corrected chi connectivity index (χ4v) is 5.03. The molecule has 5 atom stereocenters. The summed E-state index contributed by atoms with van der Waals surface area (Å²) >= 11 is 0. The third-order valence-corrected chi connectivity index (χ3v) is 7.06. The number of hydrogen-bond donors (Lipinski definition) is 5. The Morgan fingerprint density at radius 3 is 2.61 bits per heavy atom. The Morgan fingerprint density at radius 2 is 1.94 bits per heavy atom. The van der Waals surface area contributed by atoms with Crippen LogP contribution in [0.2, 0.25) is 0 Å². The molecule has 1 saturated heterocycles. The van der Waals surface area contributed by atoms with E-state index in [1.165, 1.54) is 4.90 Å². The first kappa shape index (κ1) is 23.5. The van der Waals surface area contributed by atoms with Gasteiger partial charge in [0.1, 0.15) is 0 Å². The van der Waals surface area contributed by atoms with Crippen LogP contribution in [0, 0.1) is 5.92 Å². The summed E-state index contributed by atoms with van der Waals surface area (Å²) < 4.78 is 0. The van der Waals surface area contributed by atoms with Crippen molar-refractivity contribution >= 4 is 17.9 Å². The molecule has 1 aromatic carbocycles. The first-order chi connectivity index (χ1) is 15.9. The van der Waals surface area contributed by atoms with Crippen molar-refractivity contribution in [2.45, 2.75) is 82.3 Å². The molecule has 9 nitrogen and oxygen atoms in total. The topological polar surface area (TPSA) is 131 Å². The molecule has 0 spiro atoms. The predicted molar refractivity (Wildman–Crippen MR) is 121 cm³/mol. The highest BCUT2D eigenvalue weighted by molar-refractivity contribution is 5.85. The summed E-state index contributed by atoms with van der Waals surface area (Å²) in [6, 6.07) is 6.68. The number of carbonyl (C=O) groups excluding carboxylic acids is 2. The maximum absolute atomic E-state index is 13.0. The second-order valence-electron chi connectivity index (χ2n) is 9.54. The van der Waals surface area contributed by atoms with Gasteiger partial charge in [0.15, 0.2) is 6.10 Å². The highest BCUT2D eigenvalue weighted by atomic mass is 16.4. The minimum Gasteiger partial charge on any atom is -0.465 e. The smallest absolute Gasteiger partial charge is 0.407 e. The van der Waals surface area contributed by atoms with Gasteiger partial charge in [-0.1, -0.05) is 37.6 Å². The summed E-state index contributed by atoms with van der Waals surface area (Å²) in [7, 11) is 0. The lowest BCUT2D eigenvalue weighted by molar-refractivity contribution is -0.132. The van der Waals surface area contributed by atoms with E-state index in [0.29, 0.717) is 38.8 Å². The van der Waals surface area contributed by atoms with E-state index in [-0.39, 0.29) is 23.9 Å². The molecular formula is C24H34N4O5. The fraction of sp³-hybridized carbons (Fsp3) is 0.625. The van der Waals surface area contributed by atoms with Gasteiger partial charge in [-0.25, -0.2) is 4.79 Å². The van der Waals surface area contributed by atoms with Crippen LogP contribution in [0.1, 0.15) is 50.2 Å². The largest absolute Gasteiger partial charge is 0.465 e. The van der Waals surface area contributed by atoms with E-state index in [4.69, 9.17) is 0 Å². The van der Waals surface area contributed by atoms with Crippen LogP contribution >= 0.6 is 0 Å². The maximum Gasteiger partial charge on any atom is 0.407 e. The molecule has 9 heteroatoms. The van der Waals surface area contributed by atoms with Gasteiger partial charge in [-0.2, -0.15) is 0 Å². The lowest BCUT2D eigenvalue weighted by Crippen LogP contribution is -2.54. The Labute approximate surface area is 193 Å². The summed E-state index contributed by atoms with van der Waals surface area (Å²) in [6.45, 7) is 2.83. The van der Waals surface area contributed by atoms with Gasteiger partial charge >= 0.3 is 6.09 Å². The number of nitrogens with zero attached hydrogens (tertiary/aromatic N) is 1. The van der Waals surface area contributed by atoms with Crippen LogP contribution in [-0.4, -0.2) is 69.8 Å². The summed E-state index contributed by atoms with van der Waals surface area (Å²) in [5.41, 5.74) is 2.18. The average Bonchev–Trinajstić information content (AvgIpc) is 3.48. The van der Waals surface area contributed by atoms with Crippen molar-refractivity contribution in [1.29, 1.82) is 0 Å². The predicted octanol–water partition coefficient (Wildman–Crippen LogP) is 0.994. The molecule has 1 aliphatic carbocycles. The second-order valence-corrected chi connectivity index (χ2v) is 9.54. The van der Waals surface area contributed by atoms with Crippen LogP contribution in [0.3, 0.4) is 0 Å². The zero-order valence-corrected chi connectivity index (χ0v) is 19.0. The molecule has 3 amide bonds. The van der Waals surface area contributed by atoms with Crippen LogP contribution in [0.15, 0.2) is 24.3 Å². The van der Waals surface area contributed by atoms with E-state index in [1.807, 2.05) is 31.2 Å². The molecule has 3 aliphatic rings. The van der Waals surface area contributed by atoms with Crippen molar-refractivity contribution in [3.8, 4) is 0 Å². The zero-order valence-electron chi connectivity index (χ0n) is 19.0. The summed E-state index contributed by atoms with van der Waals surface area (Å²) in [4.78, 5) is 38.7. The van der Waals surface area contributed by atoms with E-state index in [9.17, 15) is 24.6 Å². The molecule has 0 radical (unpaired) electrons. The standard InChI is InChI=1S/C24H34N4O5/c1-2-5-18(21(29)23(31)26-17-8-9-17)27-22(30)19-10-16(12-25-19)20-11-14-6-3-4-7-15(14)13-28(20)24(32)33/h3-4,6-7,16-21,25,29H,2,5,8-13H2,1H3,(H,26,31)(H,27,30)(H,32,33)/t16?,18?,19-,20+,21?/m0/s1. The molecule has 2 aliphatic heterocycles. The Bertz CT molecular complexity index is 889. The SMILES string of the molecule is CCCC(NC(=O)[C@@H]1CC([C@H]2Cc3ccccc3CN2C(=O)O)CN1)C(O)C(=O)NC1CC1. The van der Waals surface area contributed by atoms with Gasteiger partial charge in [0.05, 0.1) is 12.1 Å². The van der Waals surface area contributed by atoms with E-state index in [1.54, 1.807) is 0 Å². The number of nitrogens with one attached hydrogen (secondary N) is 3. The Kier molecular flexibility index (Phi) is 7.19. The van der Waals surface area contributed by atoms with E-state index in [0.717, 1.165) is 24.0 Å². The number of fused-ring (bicyclic) bond motifs is 1. The van der Waals surface area contributed by atoms with E-state index >= 15 is 0 Å². The van der Waals surface area contributed by atoms with Crippen LogP contribution in [0.25, 0.3) is 0 Å². The highest BCUT2D eigenvalue weighted by Crippen LogP contribution is 2.31. The van der Waals surface area contributed by atoms with Gasteiger partial charge in [-0.05, 0) is 49.1 Å². The number of rotatable bonds is 8. The minimum absolute atomic E-state index is 0.00193. The van der Waals surface area contributed by atoms with Crippen molar-refractivity contribution in [1.82, 2.24) is 20.9 Å². The molecule has 0 bridgehead atoms. The normalized spacial score (nSPS) is 26.2. The number of amides is 3. The van der Waals surface area contributed by atoms with Gasteiger partial charge in [-0.15, -0.1) is 0 Å². The molecule has 2 heterocycles. The van der Waals surface area contributed by atoms with E-state index < -0.39 is 30.2 Å². The third kappa shape index (κ3) is 5.47. The van der Waals surface area contributed by atoms with Crippen LogP contribution in [0.4, 0.5) is 4.79 Å². The second kappa shape index (κ2) is 10.1. The van der Waals surface area contributed by atoms with Gasteiger partial charge in [-0.3, -0.25) is 9.59 Å². The number of carbonyl (C=O) groups is 3. The first-order valence-corrected chi connectivity index (χ1v) is 12.0. The van der Waals surface area contributed by atoms with Gasteiger partial charge in [0.2, 0.25) is 5.91 Å². The van der Waals surface area contributed by atoms with Crippen LogP contribution in [-0.2, 0) is 22.6 Å². The molecule has 33 heavy (non-hydrogen) atoms. The molecule has 4 rings (SSSR count). The number of aliphatic hydroxyl groups is 1. The summed E-state index contributed by atoms with van der Waals surface area (Å²) in [5.74, 6) is -0.697. The summed E-state index contributed by atoms with van der Waals surface area (Å²) in [5, 5.41) is 29.2. The lowest BCUT2D eigenvalue weighted by Gasteiger charge is -2.38. The molecule has 2 fully saturated rings. The van der Waals surface area contributed by atoms with Gasteiger partial charge in [0.25, 0.3) is 5.91 Å². The molecule has 180 valence electrons. The zero-order chi connectivity index (χ0) is 23.5. The quantitative estimate of drug-likeness (QED) is 0.395. The lowest BCUT2D eigenvalue weighted by atomic mass is 9.85. The Balaban J connectivity index is 1.38. The number of hydrogen-bond acceptors (Lipinski definition) is 5. The minimum atomic E-state index is -1.29. The molecule has 0 aromatic heterocycles. The van der Waals surface area contributed by atoms with Crippen molar-refractivity contribution in [2.75, 3.05) is 6.54 Å². The monoisotopic (exact) mass is 458 g/mol. The van der Waals surface area contributed by atoms with Crippen molar-refractivity contribution in [3.63, 3.8) is 0 Å². The Hall–Kier alpha value is -2.65. The van der Waals surface area contributed by atoms with Gasteiger partial charge in [0, 0.05) is 25.2 Å². The number of carboxylic acid groups (broad SMARTS) is 1. The van der Waals surface area contributed by atoms with Crippen molar-refractivity contribution in [3.05, 3.63) is 35.4 Å². The van der Waals surface area contributed by atoms with Crippen LogP contribution in [0.5, 0.6) is 0 Å². The summed E-state index contributed by atoms with van der Waals surface area (Å²) in [6.07, 6.45) is 1.96. The highest BCUT2D eigenvalue weighted by Gasteiger charge is 2.41. The van der Waals surface area contributed by atoms with E-state index in [2.05, 4.69) is 16.0 Å². The number of benzene rings is 1. The molecule has 1 aromatic rings. The maximum atomic E-state index is 13.0. The number of aliphatic hydroxyl groups excluding tert-OH is 1. The molecule has 3 unspecified atom stereocenters. The third-order valence-electron chi connectivity index (χ3n) is 7.06. The van der Waals surface area contributed by atoms with Crippen LogP contribution < -0.4 is 16.0 Å².